The van der Waals surface area contributed by atoms with E-state index >= 15 is 0 Å². The summed E-state index contributed by atoms with van der Waals surface area (Å²) in [6.07, 6.45) is 1.35. The molecule has 9 heteroatoms. The summed E-state index contributed by atoms with van der Waals surface area (Å²) in [6.45, 7) is 16.8. The molecule has 45 heavy (non-hydrogen) atoms. The monoisotopic (exact) mass is 632 g/mol. The van der Waals surface area contributed by atoms with Crippen molar-refractivity contribution in [1.82, 2.24) is 9.80 Å². The second-order valence-corrected chi connectivity index (χ2v) is 16.9. The van der Waals surface area contributed by atoms with E-state index < -0.39 is 35.9 Å². The van der Waals surface area contributed by atoms with E-state index in [0.29, 0.717) is 32.2 Å². The van der Waals surface area contributed by atoms with E-state index in [1.807, 2.05) is 18.7 Å². The fraction of sp³-hybridized carbons (Fsp3) is 0.917. The molecule has 0 aromatic heterocycles. The number of aliphatic hydroxyl groups is 2. The largest absolute Gasteiger partial charge is 0.462 e. The van der Waals surface area contributed by atoms with E-state index in [0.717, 1.165) is 12.8 Å². The highest BCUT2D eigenvalue weighted by Crippen LogP contribution is 2.69. The Kier molecular flexibility index (Phi) is 9.53. The second-order valence-electron chi connectivity index (χ2n) is 16.9. The Balaban J connectivity index is 1.56. The molecule has 0 bridgehead atoms. The lowest BCUT2D eigenvalue weighted by Crippen LogP contribution is -2.72. The fourth-order valence-electron chi connectivity index (χ4n) is 11.3. The number of fused-ring (bicyclic) bond motifs is 5. The maximum atomic E-state index is 13.4. The van der Waals surface area contributed by atoms with Crippen LogP contribution >= 0.6 is 0 Å². The van der Waals surface area contributed by atoms with Gasteiger partial charge in [-0.2, -0.15) is 0 Å². The first kappa shape index (κ1) is 34.6. The second kappa shape index (κ2) is 12.4. The minimum Gasteiger partial charge on any atom is -0.462 e. The third kappa shape index (κ3) is 5.64. The zero-order valence-corrected chi connectivity index (χ0v) is 29.4. The van der Waals surface area contributed by atoms with Crippen molar-refractivity contribution in [2.75, 3.05) is 20.6 Å². The first-order chi connectivity index (χ1) is 20.9. The van der Waals surface area contributed by atoms with Crippen LogP contribution in [0.25, 0.3) is 0 Å². The highest BCUT2D eigenvalue weighted by Gasteiger charge is 2.70. The molecule has 1 heterocycles. The number of carbonyl (C=O) groups is 3. The van der Waals surface area contributed by atoms with Crippen molar-refractivity contribution in [1.29, 1.82) is 0 Å². The molecule has 0 aromatic carbocycles. The van der Waals surface area contributed by atoms with Crippen molar-refractivity contribution in [2.45, 2.75) is 130 Å². The van der Waals surface area contributed by atoms with E-state index in [9.17, 15) is 24.6 Å². The molecule has 4 aliphatic carbocycles. The molecule has 14 atom stereocenters. The molecule has 0 radical (unpaired) electrons. The zero-order chi connectivity index (χ0) is 33.3. The van der Waals surface area contributed by atoms with Crippen LogP contribution in [0.4, 0.5) is 0 Å². The number of carbonyl (C=O) groups excluding carboxylic acids is 3. The molecule has 1 aliphatic heterocycles. The normalized spacial score (nSPS) is 45.1. The van der Waals surface area contributed by atoms with Crippen LogP contribution in [0.1, 0.15) is 93.9 Å². The quantitative estimate of drug-likeness (QED) is 0.303. The minimum atomic E-state index is -0.768. The molecule has 0 spiro atoms. The molecule has 1 saturated heterocycles. The fourth-order valence-corrected chi connectivity index (χ4v) is 11.3. The van der Waals surface area contributed by atoms with E-state index in [1.165, 1.54) is 6.92 Å². The lowest BCUT2D eigenvalue weighted by Gasteiger charge is -2.66. The van der Waals surface area contributed by atoms with Crippen LogP contribution in [0.5, 0.6) is 0 Å². The Bertz CT molecular complexity index is 1140. The summed E-state index contributed by atoms with van der Waals surface area (Å²) in [4.78, 5) is 43.4. The van der Waals surface area contributed by atoms with Crippen LogP contribution in [0.2, 0.25) is 0 Å². The number of ether oxygens (including phenoxy) is 2. The number of aliphatic hydroxyl groups excluding tert-OH is 2. The minimum absolute atomic E-state index is 0.0206. The van der Waals surface area contributed by atoms with Crippen LogP contribution < -0.4 is 0 Å². The summed E-state index contributed by atoms with van der Waals surface area (Å²) in [5, 5.41) is 23.7. The molecule has 1 amide bonds. The van der Waals surface area contributed by atoms with E-state index in [4.69, 9.17) is 9.47 Å². The van der Waals surface area contributed by atoms with Gasteiger partial charge in [0, 0.05) is 49.6 Å². The molecular formula is C36H60N2O7. The summed E-state index contributed by atoms with van der Waals surface area (Å²) in [7, 11) is 4.11. The van der Waals surface area contributed by atoms with Crippen molar-refractivity contribution >= 4 is 17.8 Å². The third-order valence-electron chi connectivity index (χ3n) is 13.5. The Labute approximate surface area is 270 Å². The van der Waals surface area contributed by atoms with Crippen molar-refractivity contribution in [3.05, 3.63) is 0 Å². The van der Waals surface area contributed by atoms with Crippen molar-refractivity contribution in [3.8, 4) is 0 Å². The topological polar surface area (TPSA) is 117 Å². The predicted molar refractivity (Wildman–Crippen MR) is 171 cm³/mol. The Hall–Kier alpha value is -1.71. The number of nitrogens with zero attached hydrogens (tertiary/aromatic N) is 2. The van der Waals surface area contributed by atoms with Gasteiger partial charge >= 0.3 is 11.9 Å². The molecule has 9 nitrogen and oxygen atoms in total. The van der Waals surface area contributed by atoms with Crippen LogP contribution in [0, 0.1) is 58.2 Å². The van der Waals surface area contributed by atoms with Crippen LogP contribution in [0.15, 0.2) is 0 Å². The van der Waals surface area contributed by atoms with Crippen LogP contribution in [-0.4, -0.2) is 95.0 Å². The van der Waals surface area contributed by atoms with Crippen molar-refractivity contribution in [3.63, 3.8) is 0 Å². The standard InChI is InChI=1S/C36H60N2O7/c1-18(2)13-30(41)45-28-16-35(7)25(14-27(40)31(35)20(5)37(9)10)22-11-12-24-33(42)26(38-17-23(19(3)4)34(38)43)15-29(44-21(6)39)36(24,8)32(22)28/h18-20,22-29,31-33,40,42H,11-17H2,1-10H3/t20-,22+,23-,24+,25+,26-,27-,28+,29+,31-,32+,33+,35-,36+/m0/s1. The van der Waals surface area contributed by atoms with Gasteiger partial charge in [-0.1, -0.05) is 41.5 Å². The van der Waals surface area contributed by atoms with Gasteiger partial charge in [0.05, 0.1) is 24.2 Å². The number of hydrogen-bond acceptors (Lipinski definition) is 8. The van der Waals surface area contributed by atoms with Gasteiger partial charge in [0.2, 0.25) is 5.91 Å². The van der Waals surface area contributed by atoms with Gasteiger partial charge in [-0.05, 0) is 81.7 Å². The van der Waals surface area contributed by atoms with Gasteiger partial charge in [-0.25, -0.2) is 0 Å². The molecule has 256 valence electrons. The van der Waals surface area contributed by atoms with Gasteiger partial charge in [-0.3, -0.25) is 14.4 Å². The Morgan fingerprint density at radius 1 is 1.02 bits per heavy atom. The number of amides is 1. The number of rotatable bonds is 8. The summed E-state index contributed by atoms with van der Waals surface area (Å²) in [5.41, 5.74) is -0.922. The van der Waals surface area contributed by atoms with Crippen LogP contribution in [-0.2, 0) is 23.9 Å². The van der Waals surface area contributed by atoms with Gasteiger partial charge in [0.15, 0.2) is 0 Å². The Morgan fingerprint density at radius 3 is 2.24 bits per heavy atom. The summed E-state index contributed by atoms with van der Waals surface area (Å²) < 4.78 is 12.7. The van der Waals surface area contributed by atoms with Gasteiger partial charge in [0.25, 0.3) is 0 Å². The molecule has 2 N–H and O–H groups in total. The molecule has 0 aromatic rings. The third-order valence-corrected chi connectivity index (χ3v) is 13.5. The number of esters is 2. The molecule has 5 rings (SSSR count). The van der Waals surface area contributed by atoms with E-state index in [2.05, 4.69) is 53.6 Å². The van der Waals surface area contributed by atoms with E-state index in [1.54, 1.807) is 0 Å². The molecular weight excluding hydrogens is 572 g/mol. The summed E-state index contributed by atoms with van der Waals surface area (Å²) in [5.74, 6) is -0.201. The zero-order valence-electron chi connectivity index (χ0n) is 29.4. The Morgan fingerprint density at radius 2 is 1.69 bits per heavy atom. The first-order valence-electron chi connectivity index (χ1n) is 17.6. The average molecular weight is 633 g/mol. The van der Waals surface area contributed by atoms with Gasteiger partial charge in [0.1, 0.15) is 12.2 Å². The SMILES string of the molecule is CC(=O)O[C@@H]1C[C@H](N2C[C@@H](C(C)C)C2=O)[C@H](O)[C@H]2CC[C@H]3[C@H]([C@H](OC(=O)CC(C)C)C[C@]4(C)[C@@H]([C@H](C)N(C)C)[C@@H](O)C[C@H]34)[C@]21C. The van der Waals surface area contributed by atoms with E-state index in [-0.39, 0.29) is 76.6 Å². The average Bonchev–Trinajstić information content (AvgIpc) is 3.18. The maximum absolute atomic E-state index is 13.4. The smallest absolute Gasteiger partial charge is 0.306 e. The first-order valence-corrected chi connectivity index (χ1v) is 17.6. The number of hydrogen-bond donors (Lipinski definition) is 2. The summed E-state index contributed by atoms with van der Waals surface area (Å²) in [6, 6.07) is -0.277. The van der Waals surface area contributed by atoms with Gasteiger partial charge < -0.3 is 29.5 Å². The highest BCUT2D eigenvalue weighted by atomic mass is 16.6. The summed E-state index contributed by atoms with van der Waals surface area (Å²) >= 11 is 0. The molecule has 5 fully saturated rings. The number of β-lactam (4-membered cyclic amide) rings is 1. The molecule has 5 aliphatic rings. The van der Waals surface area contributed by atoms with Crippen molar-refractivity contribution in [2.24, 2.45) is 58.2 Å². The predicted octanol–water partition coefficient (Wildman–Crippen LogP) is 4.13. The lowest BCUT2D eigenvalue weighted by atomic mass is 9.42. The van der Waals surface area contributed by atoms with Crippen molar-refractivity contribution < 1.29 is 34.1 Å². The highest BCUT2D eigenvalue weighted by molar-refractivity contribution is 5.85. The molecule has 0 unspecified atom stereocenters. The van der Waals surface area contributed by atoms with Gasteiger partial charge in [-0.15, -0.1) is 0 Å². The lowest BCUT2D eigenvalue weighted by molar-refractivity contribution is -0.251. The van der Waals surface area contributed by atoms with Crippen LogP contribution in [0.3, 0.4) is 0 Å². The number of likely N-dealkylation sites (tertiary alicyclic amines) is 1. The molecule has 4 saturated carbocycles. The maximum Gasteiger partial charge on any atom is 0.306 e.